The Morgan fingerprint density at radius 1 is 1.09 bits per heavy atom. The SMILES string of the molecule is Cc1ccccc1/C=N\OCc1nc2ccccc2c(C)c1Cl. The number of benzene rings is 2. The average Bonchev–Trinajstić information content (AvgIpc) is 2.57. The van der Waals surface area contributed by atoms with E-state index in [0.29, 0.717) is 10.7 Å². The van der Waals surface area contributed by atoms with Crippen LogP contribution in [0.15, 0.2) is 53.7 Å². The van der Waals surface area contributed by atoms with E-state index in [2.05, 4.69) is 10.1 Å². The Kier molecular flexibility index (Phi) is 4.58. The zero-order valence-corrected chi connectivity index (χ0v) is 13.8. The van der Waals surface area contributed by atoms with Crippen LogP contribution in [-0.4, -0.2) is 11.2 Å². The maximum atomic E-state index is 6.40. The fraction of sp³-hybridized carbons (Fsp3) is 0.158. The summed E-state index contributed by atoms with van der Waals surface area (Å²) in [6.45, 7) is 4.27. The minimum absolute atomic E-state index is 0.243. The summed E-state index contributed by atoms with van der Waals surface area (Å²) < 4.78 is 0. The molecule has 1 heterocycles. The number of para-hydroxylation sites is 1. The van der Waals surface area contributed by atoms with Crippen LogP contribution in [-0.2, 0) is 11.4 Å². The molecule has 2 aromatic carbocycles. The van der Waals surface area contributed by atoms with Gasteiger partial charge in [0.05, 0.1) is 16.8 Å². The first kappa shape index (κ1) is 15.5. The van der Waals surface area contributed by atoms with Gasteiger partial charge in [0.15, 0.2) is 6.61 Å². The van der Waals surface area contributed by atoms with Gasteiger partial charge in [-0.25, -0.2) is 4.98 Å². The van der Waals surface area contributed by atoms with E-state index in [9.17, 15) is 0 Å². The fourth-order valence-electron chi connectivity index (χ4n) is 2.44. The Morgan fingerprint density at radius 2 is 1.83 bits per heavy atom. The second kappa shape index (κ2) is 6.80. The second-order valence-electron chi connectivity index (χ2n) is 5.38. The molecular formula is C19H17ClN2O. The van der Waals surface area contributed by atoms with Gasteiger partial charge in [0.1, 0.15) is 5.69 Å². The lowest BCUT2D eigenvalue weighted by atomic mass is 10.1. The van der Waals surface area contributed by atoms with Crippen LogP contribution in [0.3, 0.4) is 0 Å². The van der Waals surface area contributed by atoms with Gasteiger partial charge < -0.3 is 4.84 Å². The molecule has 3 nitrogen and oxygen atoms in total. The van der Waals surface area contributed by atoms with Crippen LogP contribution in [0.4, 0.5) is 0 Å². The normalized spacial score (nSPS) is 11.3. The number of halogens is 1. The van der Waals surface area contributed by atoms with Crippen LogP contribution in [0.1, 0.15) is 22.4 Å². The molecule has 0 saturated heterocycles. The van der Waals surface area contributed by atoms with Gasteiger partial charge in [0, 0.05) is 5.39 Å². The molecule has 0 unspecified atom stereocenters. The van der Waals surface area contributed by atoms with Crippen molar-refractivity contribution in [2.45, 2.75) is 20.5 Å². The summed E-state index contributed by atoms with van der Waals surface area (Å²) in [5, 5.41) is 5.72. The summed E-state index contributed by atoms with van der Waals surface area (Å²) in [7, 11) is 0. The molecule has 23 heavy (non-hydrogen) atoms. The minimum Gasteiger partial charge on any atom is -0.389 e. The average molecular weight is 325 g/mol. The number of aromatic nitrogens is 1. The smallest absolute Gasteiger partial charge is 0.160 e. The lowest BCUT2D eigenvalue weighted by molar-refractivity contribution is 0.129. The van der Waals surface area contributed by atoms with Crippen molar-refractivity contribution in [3.63, 3.8) is 0 Å². The van der Waals surface area contributed by atoms with Crippen molar-refractivity contribution < 1.29 is 4.84 Å². The van der Waals surface area contributed by atoms with Crippen LogP contribution in [0.2, 0.25) is 5.02 Å². The first-order valence-electron chi connectivity index (χ1n) is 7.41. The minimum atomic E-state index is 0.243. The molecule has 0 saturated carbocycles. The number of fused-ring (bicyclic) bond motifs is 1. The number of rotatable bonds is 4. The first-order valence-corrected chi connectivity index (χ1v) is 7.79. The summed E-state index contributed by atoms with van der Waals surface area (Å²) in [6, 6.07) is 15.9. The maximum Gasteiger partial charge on any atom is 0.160 e. The van der Waals surface area contributed by atoms with Crippen LogP contribution < -0.4 is 0 Å². The summed E-state index contributed by atoms with van der Waals surface area (Å²) in [4.78, 5) is 9.95. The van der Waals surface area contributed by atoms with Crippen LogP contribution in [0.25, 0.3) is 10.9 Å². The van der Waals surface area contributed by atoms with Crippen LogP contribution in [0, 0.1) is 13.8 Å². The molecule has 0 aliphatic heterocycles. The second-order valence-corrected chi connectivity index (χ2v) is 5.76. The number of pyridine rings is 1. The molecule has 0 aliphatic carbocycles. The number of hydrogen-bond acceptors (Lipinski definition) is 3. The Morgan fingerprint density at radius 3 is 2.65 bits per heavy atom. The lowest BCUT2D eigenvalue weighted by Crippen LogP contribution is -1.97. The third-order valence-electron chi connectivity index (χ3n) is 3.80. The Labute approximate surface area is 140 Å². The van der Waals surface area contributed by atoms with Gasteiger partial charge in [-0.05, 0) is 36.6 Å². The Bertz CT molecular complexity index is 874. The molecule has 1 aromatic heterocycles. The Hall–Kier alpha value is -2.39. The van der Waals surface area contributed by atoms with Gasteiger partial charge in [0.2, 0.25) is 0 Å². The van der Waals surface area contributed by atoms with E-state index in [1.54, 1.807) is 6.21 Å². The molecule has 0 aliphatic rings. The van der Waals surface area contributed by atoms with E-state index in [4.69, 9.17) is 16.4 Å². The highest BCUT2D eigenvalue weighted by Gasteiger charge is 2.10. The Balaban J connectivity index is 1.77. The zero-order valence-electron chi connectivity index (χ0n) is 13.1. The van der Waals surface area contributed by atoms with Crippen LogP contribution >= 0.6 is 11.6 Å². The molecule has 0 N–H and O–H groups in total. The summed E-state index contributed by atoms with van der Waals surface area (Å²) in [5.74, 6) is 0. The molecule has 0 atom stereocenters. The zero-order chi connectivity index (χ0) is 16.2. The topological polar surface area (TPSA) is 34.5 Å². The third-order valence-corrected chi connectivity index (χ3v) is 4.30. The van der Waals surface area contributed by atoms with Crippen molar-refractivity contribution in [2.24, 2.45) is 5.16 Å². The molecule has 4 heteroatoms. The van der Waals surface area contributed by atoms with Gasteiger partial charge in [-0.3, -0.25) is 0 Å². The molecule has 0 radical (unpaired) electrons. The molecular weight excluding hydrogens is 308 g/mol. The molecule has 0 fully saturated rings. The van der Waals surface area contributed by atoms with Gasteiger partial charge >= 0.3 is 0 Å². The largest absolute Gasteiger partial charge is 0.389 e. The quantitative estimate of drug-likeness (QED) is 0.497. The maximum absolute atomic E-state index is 6.40. The predicted molar refractivity (Wildman–Crippen MR) is 95.1 cm³/mol. The van der Waals surface area contributed by atoms with E-state index < -0.39 is 0 Å². The number of oxime groups is 1. The molecule has 3 aromatic rings. The van der Waals surface area contributed by atoms with E-state index >= 15 is 0 Å². The first-order chi connectivity index (χ1) is 11.2. The molecule has 0 bridgehead atoms. The van der Waals surface area contributed by atoms with Crippen LogP contribution in [0.5, 0.6) is 0 Å². The highest BCUT2D eigenvalue weighted by atomic mass is 35.5. The van der Waals surface area contributed by atoms with Crippen molar-refractivity contribution in [1.29, 1.82) is 0 Å². The van der Waals surface area contributed by atoms with E-state index in [0.717, 1.165) is 27.6 Å². The van der Waals surface area contributed by atoms with Crippen molar-refractivity contribution in [2.75, 3.05) is 0 Å². The van der Waals surface area contributed by atoms with Gasteiger partial charge in [-0.15, -0.1) is 0 Å². The third kappa shape index (κ3) is 3.35. The monoisotopic (exact) mass is 324 g/mol. The molecule has 0 spiro atoms. The number of aryl methyl sites for hydroxylation is 2. The van der Waals surface area contributed by atoms with E-state index in [1.165, 1.54) is 0 Å². The lowest BCUT2D eigenvalue weighted by Gasteiger charge is -2.09. The fourth-order valence-corrected chi connectivity index (χ4v) is 2.64. The summed E-state index contributed by atoms with van der Waals surface area (Å²) in [6.07, 6.45) is 1.71. The van der Waals surface area contributed by atoms with E-state index in [1.807, 2.05) is 62.4 Å². The summed E-state index contributed by atoms with van der Waals surface area (Å²) >= 11 is 6.40. The van der Waals surface area contributed by atoms with E-state index in [-0.39, 0.29) is 6.61 Å². The number of nitrogens with zero attached hydrogens (tertiary/aromatic N) is 2. The highest BCUT2D eigenvalue weighted by Crippen LogP contribution is 2.27. The van der Waals surface area contributed by atoms with Crippen molar-refractivity contribution in [3.8, 4) is 0 Å². The van der Waals surface area contributed by atoms with Gasteiger partial charge in [-0.1, -0.05) is 59.2 Å². The predicted octanol–water partition coefficient (Wildman–Crippen LogP) is 5.06. The summed E-state index contributed by atoms with van der Waals surface area (Å²) in [5.41, 5.74) is 4.80. The molecule has 116 valence electrons. The van der Waals surface area contributed by atoms with Crippen molar-refractivity contribution >= 4 is 28.7 Å². The van der Waals surface area contributed by atoms with Gasteiger partial charge in [-0.2, -0.15) is 0 Å². The molecule has 0 amide bonds. The van der Waals surface area contributed by atoms with Gasteiger partial charge in [0.25, 0.3) is 0 Å². The highest BCUT2D eigenvalue weighted by molar-refractivity contribution is 6.32. The van der Waals surface area contributed by atoms with Crippen molar-refractivity contribution in [1.82, 2.24) is 4.98 Å². The standard InChI is InChI=1S/C19H17ClN2O/c1-13-7-3-4-8-15(13)11-21-23-12-18-19(20)14(2)16-9-5-6-10-17(16)22-18/h3-11H,12H2,1-2H3/b21-11-. The number of hydrogen-bond donors (Lipinski definition) is 0. The molecule has 3 rings (SSSR count). The van der Waals surface area contributed by atoms with Crippen molar-refractivity contribution in [3.05, 3.63) is 75.9 Å².